The second kappa shape index (κ2) is 2.56. The third kappa shape index (κ3) is 1.40. The van der Waals surface area contributed by atoms with Gasteiger partial charge in [0.25, 0.3) is 0 Å². The summed E-state index contributed by atoms with van der Waals surface area (Å²) < 4.78 is 5.62. The minimum atomic E-state index is -0.114. The summed E-state index contributed by atoms with van der Waals surface area (Å²) in [6, 6.07) is 0.363. The average Bonchev–Trinajstić information content (AvgIpc) is 2.32. The van der Waals surface area contributed by atoms with Gasteiger partial charge in [0, 0.05) is 11.8 Å². The largest absolute Gasteiger partial charge is 0.357 e. The van der Waals surface area contributed by atoms with Crippen LogP contribution >= 0.6 is 0 Å². The van der Waals surface area contributed by atoms with Gasteiger partial charge < -0.3 is 4.74 Å². The first-order valence-corrected chi connectivity index (χ1v) is 4.54. The second-order valence-electron chi connectivity index (χ2n) is 4.45. The van der Waals surface area contributed by atoms with Crippen LogP contribution in [0, 0.1) is 0 Å². The van der Waals surface area contributed by atoms with E-state index >= 15 is 0 Å². The maximum Gasteiger partial charge on any atom is 0.132 e. The van der Waals surface area contributed by atoms with E-state index in [0.717, 1.165) is 5.71 Å². The molecule has 1 atom stereocenters. The molecule has 1 aliphatic rings. The van der Waals surface area contributed by atoms with E-state index in [0.29, 0.717) is 6.04 Å². The topological polar surface area (TPSA) is 24.9 Å². The molecule has 0 bridgehead atoms. The fourth-order valence-electron chi connectivity index (χ4n) is 1.50. The van der Waals surface area contributed by atoms with E-state index in [1.54, 1.807) is 0 Å². The lowest BCUT2D eigenvalue weighted by Crippen LogP contribution is -2.26. The maximum absolute atomic E-state index is 5.62. The van der Waals surface area contributed by atoms with Gasteiger partial charge in [-0.15, -0.1) is 0 Å². The van der Waals surface area contributed by atoms with Crippen LogP contribution in [0.25, 0.3) is 0 Å². The van der Waals surface area contributed by atoms with Crippen LogP contribution in [0.5, 0.6) is 0 Å². The molecule has 1 heterocycles. The molecule has 12 heavy (non-hydrogen) atoms. The zero-order valence-electron chi connectivity index (χ0n) is 8.93. The Morgan fingerprint density at radius 1 is 1.25 bits per heavy atom. The van der Waals surface area contributed by atoms with Crippen LogP contribution in [0.15, 0.2) is 4.99 Å². The van der Waals surface area contributed by atoms with Crippen LogP contribution in [-0.2, 0) is 4.74 Å². The van der Waals surface area contributed by atoms with Crippen molar-refractivity contribution in [3.05, 3.63) is 0 Å². The van der Waals surface area contributed by atoms with E-state index < -0.39 is 0 Å². The number of hydrogen-bond donors (Lipinski definition) is 0. The monoisotopic (exact) mass is 169 g/mol. The summed E-state index contributed by atoms with van der Waals surface area (Å²) in [5.74, 6) is 0. The molecule has 0 aromatic heterocycles. The molecule has 2 heteroatoms. The molecule has 1 rings (SSSR count). The van der Waals surface area contributed by atoms with Crippen LogP contribution < -0.4 is 0 Å². The SMILES string of the molecule is CC(=NC(C)C)C1(C)OC1(C)C. The van der Waals surface area contributed by atoms with Crippen molar-refractivity contribution in [1.82, 2.24) is 0 Å². The van der Waals surface area contributed by atoms with Crippen molar-refractivity contribution in [2.45, 2.75) is 58.8 Å². The summed E-state index contributed by atoms with van der Waals surface area (Å²) in [4.78, 5) is 4.50. The van der Waals surface area contributed by atoms with E-state index in [2.05, 4.69) is 46.5 Å². The smallest absolute Gasteiger partial charge is 0.132 e. The zero-order valence-corrected chi connectivity index (χ0v) is 8.93. The van der Waals surface area contributed by atoms with Gasteiger partial charge in [0.15, 0.2) is 0 Å². The Morgan fingerprint density at radius 2 is 1.67 bits per heavy atom. The molecular formula is C10H19NO. The van der Waals surface area contributed by atoms with Crippen molar-refractivity contribution in [2.24, 2.45) is 4.99 Å². The Bertz CT molecular complexity index is 218. The molecule has 2 nitrogen and oxygen atoms in total. The zero-order chi connectivity index (χ0) is 9.57. The lowest BCUT2D eigenvalue weighted by molar-refractivity contribution is 0.313. The fraction of sp³-hybridized carbons (Fsp3) is 0.900. The predicted molar refractivity (Wildman–Crippen MR) is 51.8 cm³/mol. The highest BCUT2D eigenvalue weighted by atomic mass is 16.6. The molecular weight excluding hydrogens is 150 g/mol. The highest BCUT2D eigenvalue weighted by Crippen LogP contribution is 2.48. The molecule has 0 aromatic rings. The van der Waals surface area contributed by atoms with Crippen LogP contribution in [0.3, 0.4) is 0 Å². The Hall–Kier alpha value is -0.370. The van der Waals surface area contributed by atoms with Crippen molar-refractivity contribution in [2.75, 3.05) is 0 Å². The van der Waals surface area contributed by atoms with Crippen LogP contribution in [-0.4, -0.2) is 23.0 Å². The molecule has 0 radical (unpaired) electrons. The van der Waals surface area contributed by atoms with Crippen LogP contribution in [0.4, 0.5) is 0 Å². The maximum atomic E-state index is 5.62. The van der Waals surface area contributed by atoms with Crippen molar-refractivity contribution in [3.8, 4) is 0 Å². The molecule has 0 aromatic carbocycles. The highest BCUT2D eigenvalue weighted by molar-refractivity contribution is 5.94. The van der Waals surface area contributed by atoms with Crippen molar-refractivity contribution in [1.29, 1.82) is 0 Å². The molecule has 70 valence electrons. The normalized spacial score (nSPS) is 34.1. The van der Waals surface area contributed by atoms with Gasteiger partial charge in [0.1, 0.15) is 5.60 Å². The van der Waals surface area contributed by atoms with E-state index in [4.69, 9.17) is 4.74 Å². The van der Waals surface area contributed by atoms with Gasteiger partial charge >= 0.3 is 0 Å². The Balaban J connectivity index is 2.74. The summed E-state index contributed by atoms with van der Waals surface area (Å²) >= 11 is 0. The number of rotatable bonds is 2. The first-order chi connectivity index (χ1) is 5.29. The number of aliphatic imine (C=N–C) groups is 1. The van der Waals surface area contributed by atoms with E-state index in [-0.39, 0.29) is 11.2 Å². The number of ether oxygens (including phenoxy) is 1. The quantitative estimate of drug-likeness (QED) is 0.460. The standard InChI is InChI=1S/C10H19NO/c1-7(2)11-8(3)10(6)9(4,5)12-10/h7H,1-6H3. The summed E-state index contributed by atoms with van der Waals surface area (Å²) in [7, 11) is 0. The van der Waals surface area contributed by atoms with Gasteiger partial charge in [-0.25, -0.2) is 0 Å². The summed E-state index contributed by atoms with van der Waals surface area (Å²) in [6.45, 7) is 12.5. The molecule has 1 fully saturated rings. The summed E-state index contributed by atoms with van der Waals surface area (Å²) in [5, 5.41) is 0. The minimum Gasteiger partial charge on any atom is -0.357 e. The van der Waals surface area contributed by atoms with Gasteiger partial charge in [-0.2, -0.15) is 0 Å². The molecule has 1 aliphatic heterocycles. The van der Waals surface area contributed by atoms with Gasteiger partial charge in [-0.05, 0) is 41.5 Å². The highest BCUT2D eigenvalue weighted by Gasteiger charge is 2.62. The molecule has 0 aliphatic carbocycles. The van der Waals surface area contributed by atoms with Gasteiger partial charge in [-0.1, -0.05) is 0 Å². The van der Waals surface area contributed by atoms with E-state index in [1.165, 1.54) is 0 Å². The van der Waals surface area contributed by atoms with Crippen molar-refractivity contribution >= 4 is 5.71 Å². The van der Waals surface area contributed by atoms with Crippen LogP contribution in [0.1, 0.15) is 41.5 Å². The fourth-order valence-corrected chi connectivity index (χ4v) is 1.50. The van der Waals surface area contributed by atoms with Crippen molar-refractivity contribution < 1.29 is 4.74 Å². The van der Waals surface area contributed by atoms with Crippen LogP contribution in [0.2, 0.25) is 0 Å². The molecule has 0 amide bonds. The number of nitrogens with zero attached hydrogens (tertiary/aromatic N) is 1. The van der Waals surface area contributed by atoms with E-state index in [1.807, 2.05) is 0 Å². The number of hydrogen-bond acceptors (Lipinski definition) is 2. The molecule has 1 saturated heterocycles. The van der Waals surface area contributed by atoms with E-state index in [9.17, 15) is 0 Å². The molecule has 1 unspecified atom stereocenters. The second-order valence-corrected chi connectivity index (χ2v) is 4.45. The summed E-state index contributed by atoms with van der Waals surface area (Å²) in [5.41, 5.74) is 0.981. The lowest BCUT2D eigenvalue weighted by atomic mass is 9.94. The number of epoxide rings is 1. The lowest BCUT2D eigenvalue weighted by Gasteiger charge is -2.09. The predicted octanol–water partition coefficient (Wildman–Crippen LogP) is 2.42. The third-order valence-electron chi connectivity index (χ3n) is 2.71. The van der Waals surface area contributed by atoms with Gasteiger partial charge in [0.05, 0.1) is 5.60 Å². The summed E-state index contributed by atoms with van der Waals surface area (Å²) in [6.07, 6.45) is 0. The molecule has 0 N–H and O–H groups in total. The average molecular weight is 169 g/mol. The molecule has 0 spiro atoms. The first-order valence-electron chi connectivity index (χ1n) is 4.54. The minimum absolute atomic E-state index is 0.0184. The Labute approximate surface area is 75.0 Å². The first kappa shape index (κ1) is 9.72. The molecule has 0 saturated carbocycles. The third-order valence-corrected chi connectivity index (χ3v) is 2.71. The van der Waals surface area contributed by atoms with Gasteiger partial charge in [-0.3, -0.25) is 4.99 Å². The van der Waals surface area contributed by atoms with Gasteiger partial charge in [0.2, 0.25) is 0 Å². The Morgan fingerprint density at radius 3 is 1.92 bits per heavy atom. The Kier molecular flexibility index (Phi) is 2.07. The van der Waals surface area contributed by atoms with Crippen molar-refractivity contribution in [3.63, 3.8) is 0 Å².